The molecule has 1 heterocycles. The summed E-state index contributed by atoms with van der Waals surface area (Å²) in [5.41, 5.74) is 1.09. The number of anilines is 1. The molecule has 1 saturated carbocycles. The second kappa shape index (κ2) is 4.76. The first kappa shape index (κ1) is 13.9. The van der Waals surface area contributed by atoms with E-state index in [1.807, 2.05) is 41.8 Å². The zero-order valence-corrected chi connectivity index (χ0v) is 13.1. The summed E-state index contributed by atoms with van der Waals surface area (Å²) in [6.07, 6.45) is 0.482. The SMILES string of the molecule is C[C@]1(C(=O)Nc2ccccc2-c2cccs2)CC1(Cl)Cl. The first-order valence-electron chi connectivity index (χ1n) is 6.26. The predicted molar refractivity (Wildman–Crippen MR) is 85.5 cm³/mol. The molecule has 20 heavy (non-hydrogen) atoms. The van der Waals surface area contributed by atoms with Crippen LogP contribution >= 0.6 is 34.5 Å². The fourth-order valence-electron chi connectivity index (χ4n) is 2.15. The van der Waals surface area contributed by atoms with E-state index >= 15 is 0 Å². The maximum absolute atomic E-state index is 12.4. The Labute approximate surface area is 131 Å². The van der Waals surface area contributed by atoms with Crippen LogP contribution in [0.25, 0.3) is 10.4 Å². The Hall–Kier alpha value is -1.03. The molecule has 0 bridgehead atoms. The van der Waals surface area contributed by atoms with E-state index in [1.165, 1.54) is 0 Å². The van der Waals surface area contributed by atoms with Crippen molar-refractivity contribution < 1.29 is 4.79 Å². The number of thiophene rings is 1. The molecule has 1 aliphatic rings. The largest absolute Gasteiger partial charge is 0.325 e. The fourth-order valence-corrected chi connectivity index (χ4v) is 3.62. The first-order valence-corrected chi connectivity index (χ1v) is 7.90. The van der Waals surface area contributed by atoms with Crippen molar-refractivity contribution in [1.82, 2.24) is 0 Å². The summed E-state index contributed by atoms with van der Waals surface area (Å²) in [5, 5.41) is 4.97. The molecule has 3 rings (SSSR count). The molecule has 5 heteroatoms. The van der Waals surface area contributed by atoms with E-state index in [2.05, 4.69) is 5.32 Å². The molecule has 0 radical (unpaired) electrons. The number of hydrogen-bond acceptors (Lipinski definition) is 2. The Bertz CT molecular complexity index is 654. The van der Waals surface area contributed by atoms with Gasteiger partial charge >= 0.3 is 0 Å². The summed E-state index contributed by atoms with van der Waals surface area (Å²) in [5.74, 6) is -0.133. The number of hydrogen-bond donors (Lipinski definition) is 1. The zero-order chi connectivity index (χ0) is 14.4. The highest BCUT2D eigenvalue weighted by Gasteiger charge is 2.67. The molecule has 1 atom stereocenters. The number of benzene rings is 1. The van der Waals surface area contributed by atoms with E-state index in [0.717, 1.165) is 16.1 Å². The number of amides is 1. The van der Waals surface area contributed by atoms with E-state index in [-0.39, 0.29) is 5.91 Å². The summed E-state index contributed by atoms with van der Waals surface area (Å²) in [6.45, 7) is 1.79. The Morgan fingerprint density at radius 2 is 1.95 bits per heavy atom. The number of carbonyl (C=O) groups excluding carboxylic acids is 1. The maximum atomic E-state index is 12.4. The number of nitrogens with one attached hydrogen (secondary N) is 1. The third-order valence-electron chi connectivity index (χ3n) is 3.72. The van der Waals surface area contributed by atoms with Crippen molar-refractivity contribution in [2.24, 2.45) is 5.41 Å². The number of halogens is 2. The van der Waals surface area contributed by atoms with Gasteiger partial charge in [-0.3, -0.25) is 4.79 Å². The molecule has 0 spiro atoms. The lowest BCUT2D eigenvalue weighted by Gasteiger charge is -2.15. The van der Waals surface area contributed by atoms with Crippen LogP contribution in [0.15, 0.2) is 41.8 Å². The summed E-state index contributed by atoms with van der Waals surface area (Å²) in [6, 6.07) is 11.8. The molecular weight excluding hydrogens is 313 g/mol. The summed E-state index contributed by atoms with van der Waals surface area (Å²) < 4.78 is -0.949. The van der Waals surface area contributed by atoms with E-state index in [9.17, 15) is 4.79 Å². The molecule has 0 saturated heterocycles. The van der Waals surface area contributed by atoms with Gasteiger partial charge in [-0.05, 0) is 30.9 Å². The van der Waals surface area contributed by atoms with Crippen LogP contribution in [0.3, 0.4) is 0 Å². The standard InChI is InChI=1S/C15H13Cl2NOS/c1-14(9-15(14,16)17)13(19)18-11-6-3-2-5-10(11)12-7-4-8-20-12/h2-8H,9H2,1H3,(H,18,19)/t14-/m1/s1. The second-order valence-electron chi connectivity index (χ2n) is 5.19. The summed E-state index contributed by atoms with van der Waals surface area (Å²) in [4.78, 5) is 13.5. The van der Waals surface area contributed by atoms with Gasteiger partial charge in [0, 0.05) is 16.1 Å². The third kappa shape index (κ3) is 2.24. The van der Waals surface area contributed by atoms with Crippen LogP contribution in [0, 0.1) is 5.41 Å². The minimum absolute atomic E-state index is 0.133. The molecule has 1 aromatic carbocycles. The molecule has 0 unspecified atom stereocenters. The highest BCUT2D eigenvalue weighted by molar-refractivity contribution is 7.13. The van der Waals surface area contributed by atoms with Gasteiger partial charge in [0.15, 0.2) is 0 Å². The highest BCUT2D eigenvalue weighted by atomic mass is 35.5. The Morgan fingerprint density at radius 1 is 1.25 bits per heavy atom. The van der Waals surface area contributed by atoms with Gasteiger partial charge < -0.3 is 5.32 Å². The van der Waals surface area contributed by atoms with Crippen molar-refractivity contribution in [3.63, 3.8) is 0 Å². The van der Waals surface area contributed by atoms with Gasteiger partial charge in [0.25, 0.3) is 0 Å². The highest BCUT2D eigenvalue weighted by Crippen LogP contribution is 2.64. The van der Waals surface area contributed by atoms with Gasteiger partial charge in [0.05, 0.1) is 5.41 Å². The van der Waals surface area contributed by atoms with Crippen molar-refractivity contribution in [1.29, 1.82) is 0 Å². The van der Waals surface area contributed by atoms with Crippen molar-refractivity contribution in [2.45, 2.75) is 17.7 Å². The van der Waals surface area contributed by atoms with Crippen molar-refractivity contribution >= 4 is 46.1 Å². The molecule has 1 aliphatic carbocycles. The molecule has 1 N–H and O–H groups in total. The molecule has 1 amide bonds. The Morgan fingerprint density at radius 3 is 2.55 bits per heavy atom. The smallest absolute Gasteiger partial charge is 0.233 e. The Balaban J connectivity index is 1.88. The van der Waals surface area contributed by atoms with Crippen LogP contribution in [0.2, 0.25) is 0 Å². The van der Waals surface area contributed by atoms with E-state index in [4.69, 9.17) is 23.2 Å². The van der Waals surface area contributed by atoms with Crippen LogP contribution in [0.5, 0.6) is 0 Å². The fraction of sp³-hybridized carbons (Fsp3) is 0.267. The summed E-state index contributed by atoms with van der Waals surface area (Å²) in [7, 11) is 0. The summed E-state index contributed by atoms with van der Waals surface area (Å²) >= 11 is 13.7. The van der Waals surface area contributed by atoms with Gasteiger partial charge in [-0.1, -0.05) is 24.3 Å². The van der Waals surface area contributed by atoms with E-state index in [1.54, 1.807) is 18.3 Å². The van der Waals surface area contributed by atoms with Gasteiger partial charge in [0.2, 0.25) is 5.91 Å². The Kier molecular flexibility index (Phi) is 3.32. The monoisotopic (exact) mass is 325 g/mol. The molecule has 0 aliphatic heterocycles. The quantitative estimate of drug-likeness (QED) is 0.796. The topological polar surface area (TPSA) is 29.1 Å². The number of carbonyl (C=O) groups is 1. The average molecular weight is 326 g/mol. The lowest BCUT2D eigenvalue weighted by Crippen LogP contribution is -2.26. The normalized spacial score (nSPS) is 23.4. The lowest BCUT2D eigenvalue weighted by atomic mass is 10.1. The van der Waals surface area contributed by atoms with Crippen LogP contribution in [0.4, 0.5) is 5.69 Å². The van der Waals surface area contributed by atoms with Crippen molar-refractivity contribution in [2.75, 3.05) is 5.32 Å². The average Bonchev–Trinajstić information content (AvgIpc) is 2.82. The van der Waals surface area contributed by atoms with Crippen LogP contribution in [-0.2, 0) is 4.79 Å². The van der Waals surface area contributed by atoms with E-state index < -0.39 is 9.75 Å². The minimum Gasteiger partial charge on any atom is -0.325 e. The molecule has 2 nitrogen and oxygen atoms in total. The predicted octanol–water partition coefficient (Wildman–Crippen LogP) is 4.94. The second-order valence-corrected chi connectivity index (χ2v) is 7.62. The van der Waals surface area contributed by atoms with Crippen molar-refractivity contribution in [3.8, 4) is 10.4 Å². The number of para-hydroxylation sites is 1. The lowest BCUT2D eigenvalue weighted by molar-refractivity contribution is -0.120. The molecule has 1 fully saturated rings. The van der Waals surface area contributed by atoms with Gasteiger partial charge in [-0.25, -0.2) is 0 Å². The van der Waals surface area contributed by atoms with Crippen LogP contribution in [0.1, 0.15) is 13.3 Å². The molecular formula is C15H13Cl2NOS. The van der Waals surface area contributed by atoms with Gasteiger partial charge in [0.1, 0.15) is 4.33 Å². The first-order chi connectivity index (χ1) is 9.44. The molecule has 1 aromatic heterocycles. The van der Waals surface area contributed by atoms with Crippen LogP contribution < -0.4 is 5.32 Å². The third-order valence-corrected chi connectivity index (χ3v) is 5.73. The van der Waals surface area contributed by atoms with Crippen molar-refractivity contribution in [3.05, 3.63) is 41.8 Å². The van der Waals surface area contributed by atoms with Crippen LogP contribution in [-0.4, -0.2) is 10.2 Å². The molecule has 2 aromatic rings. The zero-order valence-electron chi connectivity index (χ0n) is 10.8. The van der Waals surface area contributed by atoms with E-state index in [0.29, 0.717) is 6.42 Å². The number of rotatable bonds is 3. The molecule has 104 valence electrons. The van der Waals surface area contributed by atoms with Gasteiger partial charge in [-0.15, -0.1) is 34.5 Å². The number of alkyl halides is 2. The maximum Gasteiger partial charge on any atom is 0.233 e. The van der Waals surface area contributed by atoms with Gasteiger partial charge in [-0.2, -0.15) is 0 Å². The minimum atomic E-state index is -0.949.